The maximum Gasteiger partial charge on any atom is 0.255 e. The molecule has 2 rings (SSSR count). The van der Waals surface area contributed by atoms with E-state index in [-0.39, 0.29) is 18.4 Å². The second-order valence-corrected chi connectivity index (χ2v) is 4.53. The van der Waals surface area contributed by atoms with Crippen LogP contribution in [0.3, 0.4) is 0 Å². The molecule has 0 atom stereocenters. The molecule has 0 radical (unpaired) electrons. The Morgan fingerprint density at radius 2 is 1.67 bits per heavy atom. The molecule has 5 heteroatoms. The number of hydrogen-bond acceptors (Lipinski definition) is 3. The van der Waals surface area contributed by atoms with Crippen LogP contribution in [0.25, 0.3) is 0 Å². The Hall–Kier alpha value is -2.66. The minimum atomic E-state index is -0.273. The quantitative estimate of drug-likeness (QED) is 0.806. The lowest BCUT2D eigenvalue weighted by atomic mass is 10.1. The molecule has 0 spiro atoms. The maximum absolute atomic E-state index is 12.1. The number of hydrogen-bond donors (Lipinski definition) is 3. The highest BCUT2D eigenvalue weighted by Crippen LogP contribution is 2.17. The molecular weight excluding hydrogens is 268 g/mol. The Morgan fingerprint density at radius 1 is 1.00 bits per heavy atom. The summed E-state index contributed by atoms with van der Waals surface area (Å²) in [6.45, 7) is 1.28. The van der Waals surface area contributed by atoms with Crippen molar-refractivity contribution in [3.05, 3.63) is 59.7 Å². The summed E-state index contributed by atoms with van der Waals surface area (Å²) in [5.41, 5.74) is 2.34. The van der Waals surface area contributed by atoms with Gasteiger partial charge in [-0.15, -0.1) is 0 Å². The van der Waals surface area contributed by atoms with Gasteiger partial charge in [0.05, 0.1) is 6.61 Å². The standard InChI is InChI=1S/C16H16N2O3/c1-11(20)17-14-8-6-12(7-9-14)16(21)18-15-5-3-2-4-13(15)10-19/h2-9,19H,10H2,1H3,(H,17,20)(H,18,21). The van der Waals surface area contributed by atoms with E-state index >= 15 is 0 Å². The van der Waals surface area contributed by atoms with Gasteiger partial charge < -0.3 is 15.7 Å². The second-order valence-electron chi connectivity index (χ2n) is 4.53. The largest absolute Gasteiger partial charge is 0.392 e. The zero-order valence-electron chi connectivity index (χ0n) is 11.6. The number of amides is 2. The summed E-state index contributed by atoms with van der Waals surface area (Å²) in [4.78, 5) is 23.1. The topological polar surface area (TPSA) is 78.4 Å². The molecule has 0 heterocycles. The fourth-order valence-electron chi connectivity index (χ4n) is 1.88. The highest BCUT2D eigenvalue weighted by molar-refractivity contribution is 6.05. The summed E-state index contributed by atoms with van der Waals surface area (Å²) in [5.74, 6) is -0.436. The van der Waals surface area contributed by atoms with Crippen LogP contribution < -0.4 is 10.6 Å². The van der Waals surface area contributed by atoms with Gasteiger partial charge in [-0.1, -0.05) is 18.2 Å². The molecular formula is C16H16N2O3. The van der Waals surface area contributed by atoms with E-state index in [9.17, 15) is 14.7 Å². The molecule has 0 unspecified atom stereocenters. The Bertz CT molecular complexity index is 651. The van der Waals surface area contributed by atoms with E-state index in [2.05, 4.69) is 10.6 Å². The van der Waals surface area contributed by atoms with Gasteiger partial charge in [-0.25, -0.2) is 0 Å². The molecule has 5 nitrogen and oxygen atoms in total. The Morgan fingerprint density at radius 3 is 2.29 bits per heavy atom. The first-order valence-corrected chi connectivity index (χ1v) is 6.48. The van der Waals surface area contributed by atoms with Crippen LogP contribution in [0.5, 0.6) is 0 Å². The van der Waals surface area contributed by atoms with Crippen molar-refractivity contribution in [1.82, 2.24) is 0 Å². The third kappa shape index (κ3) is 3.90. The number of benzene rings is 2. The van der Waals surface area contributed by atoms with Gasteiger partial charge in [0.2, 0.25) is 5.91 Å². The van der Waals surface area contributed by atoms with Crippen LogP contribution in [0.15, 0.2) is 48.5 Å². The summed E-state index contributed by atoms with van der Waals surface area (Å²) in [7, 11) is 0. The van der Waals surface area contributed by atoms with Gasteiger partial charge >= 0.3 is 0 Å². The van der Waals surface area contributed by atoms with Gasteiger partial charge in [-0.2, -0.15) is 0 Å². The fourth-order valence-corrected chi connectivity index (χ4v) is 1.88. The Balaban J connectivity index is 2.11. The summed E-state index contributed by atoms with van der Waals surface area (Å²) in [5, 5.41) is 14.6. The van der Waals surface area contributed by atoms with Crippen molar-refractivity contribution in [2.75, 3.05) is 10.6 Å². The number of carbonyl (C=O) groups excluding carboxylic acids is 2. The molecule has 0 saturated carbocycles. The maximum atomic E-state index is 12.1. The van der Waals surface area contributed by atoms with Crippen molar-refractivity contribution in [3.8, 4) is 0 Å². The van der Waals surface area contributed by atoms with Gasteiger partial charge in [0, 0.05) is 29.4 Å². The molecule has 2 amide bonds. The van der Waals surface area contributed by atoms with E-state index in [1.54, 1.807) is 48.5 Å². The summed E-state index contributed by atoms with van der Waals surface area (Å²) in [6.07, 6.45) is 0. The van der Waals surface area contributed by atoms with E-state index in [0.717, 1.165) is 0 Å². The lowest BCUT2D eigenvalue weighted by molar-refractivity contribution is -0.114. The molecule has 2 aromatic rings. The lowest BCUT2D eigenvalue weighted by Crippen LogP contribution is -2.13. The molecule has 0 bridgehead atoms. The normalized spacial score (nSPS) is 10.0. The molecule has 3 N–H and O–H groups in total. The highest BCUT2D eigenvalue weighted by atomic mass is 16.3. The number of carbonyl (C=O) groups is 2. The van der Waals surface area contributed by atoms with Crippen molar-refractivity contribution < 1.29 is 14.7 Å². The van der Waals surface area contributed by atoms with Crippen molar-refractivity contribution in [2.24, 2.45) is 0 Å². The molecule has 0 fully saturated rings. The number of rotatable bonds is 4. The van der Waals surface area contributed by atoms with E-state index < -0.39 is 0 Å². The van der Waals surface area contributed by atoms with Crippen LogP contribution in [0.4, 0.5) is 11.4 Å². The van der Waals surface area contributed by atoms with Crippen LogP contribution in [0.1, 0.15) is 22.8 Å². The van der Waals surface area contributed by atoms with E-state index in [0.29, 0.717) is 22.5 Å². The molecule has 0 aliphatic rings. The third-order valence-corrected chi connectivity index (χ3v) is 2.90. The van der Waals surface area contributed by atoms with Crippen LogP contribution >= 0.6 is 0 Å². The van der Waals surface area contributed by atoms with E-state index in [1.165, 1.54) is 6.92 Å². The first kappa shape index (κ1) is 14.7. The molecule has 2 aromatic carbocycles. The van der Waals surface area contributed by atoms with Crippen LogP contribution in [0.2, 0.25) is 0 Å². The predicted octanol–water partition coefficient (Wildman–Crippen LogP) is 2.39. The summed E-state index contributed by atoms with van der Waals surface area (Å²) in [6, 6.07) is 13.6. The molecule has 21 heavy (non-hydrogen) atoms. The zero-order chi connectivity index (χ0) is 15.2. The number of anilines is 2. The summed E-state index contributed by atoms with van der Waals surface area (Å²) < 4.78 is 0. The predicted molar refractivity (Wildman–Crippen MR) is 81.1 cm³/mol. The van der Waals surface area contributed by atoms with E-state index in [4.69, 9.17) is 0 Å². The van der Waals surface area contributed by atoms with Gasteiger partial charge in [-0.3, -0.25) is 9.59 Å². The monoisotopic (exact) mass is 284 g/mol. The smallest absolute Gasteiger partial charge is 0.255 e. The minimum Gasteiger partial charge on any atom is -0.392 e. The fraction of sp³-hybridized carbons (Fsp3) is 0.125. The molecule has 0 aliphatic carbocycles. The number of aliphatic hydroxyl groups is 1. The second kappa shape index (κ2) is 6.67. The van der Waals surface area contributed by atoms with Crippen molar-refractivity contribution in [1.29, 1.82) is 0 Å². The zero-order valence-corrected chi connectivity index (χ0v) is 11.6. The van der Waals surface area contributed by atoms with Gasteiger partial charge in [0.25, 0.3) is 5.91 Å². The molecule has 0 aliphatic heterocycles. The van der Waals surface area contributed by atoms with Crippen LogP contribution in [-0.4, -0.2) is 16.9 Å². The summed E-state index contributed by atoms with van der Waals surface area (Å²) >= 11 is 0. The number of aliphatic hydroxyl groups excluding tert-OH is 1. The number of para-hydroxylation sites is 1. The van der Waals surface area contributed by atoms with Gasteiger partial charge in [0.1, 0.15) is 0 Å². The third-order valence-electron chi connectivity index (χ3n) is 2.90. The number of nitrogens with one attached hydrogen (secondary N) is 2. The van der Waals surface area contributed by atoms with Gasteiger partial charge in [-0.05, 0) is 30.3 Å². The first-order chi connectivity index (χ1) is 10.1. The van der Waals surface area contributed by atoms with Crippen LogP contribution in [-0.2, 0) is 11.4 Å². The molecule has 0 aromatic heterocycles. The Kier molecular flexibility index (Phi) is 4.68. The van der Waals surface area contributed by atoms with Gasteiger partial charge in [0.15, 0.2) is 0 Å². The lowest BCUT2D eigenvalue weighted by Gasteiger charge is -2.09. The average molecular weight is 284 g/mol. The SMILES string of the molecule is CC(=O)Nc1ccc(C(=O)Nc2ccccc2CO)cc1. The first-order valence-electron chi connectivity index (χ1n) is 6.48. The van der Waals surface area contributed by atoms with Crippen molar-refractivity contribution >= 4 is 23.2 Å². The Labute approximate surface area is 122 Å². The molecule has 108 valence electrons. The average Bonchev–Trinajstić information content (AvgIpc) is 2.48. The minimum absolute atomic E-state index is 0.141. The van der Waals surface area contributed by atoms with E-state index in [1.807, 2.05) is 0 Å². The van der Waals surface area contributed by atoms with Crippen molar-refractivity contribution in [3.63, 3.8) is 0 Å². The molecule has 0 saturated heterocycles. The highest BCUT2D eigenvalue weighted by Gasteiger charge is 2.08. The van der Waals surface area contributed by atoms with Crippen molar-refractivity contribution in [2.45, 2.75) is 13.5 Å². The van der Waals surface area contributed by atoms with Crippen LogP contribution in [0, 0.1) is 0 Å².